The van der Waals surface area contributed by atoms with Gasteiger partial charge in [0.2, 0.25) is 5.91 Å². The molecule has 2 aliphatic heterocycles. The van der Waals surface area contributed by atoms with Gasteiger partial charge in [-0.25, -0.2) is 0 Å². The van der Waals surface area contributed by atoms with Gasteiger partial charge in [-0.15, -0.1) is 0 Å². The van der Waals surface area contributed by atoms with Crippen LogP contribution in [-0.4, -0.2) is 61.9 Å². The zero-order valence-corrected chi connectivity index (χ0v) is 30.5. The van der Waals surface area contributed by atoms with Crippen molar-refractivity contribution < 1.29 is 24.2 Å². The molecule has 0 unspecified atom stereocenters. The lowest BCUT2D eigenvalue weighted by atomic mass is 9.93. The van der Waals surface area contributed by atoms with Gasteiger partial charge in [-0.05, 0) is 95.9 Å². The standard InChI is InChI=1S/C41H49N3O5Si/c1-27-37(22-11-28-9-16-33(17-10-28)43-41(47)29-12-14-32(42)15-13-29)49-38(40(27)50(3,4)36-20-18-35(48-2)19-21-36)24-39(46)44-25-31-8-6-5-7-30(31)23-34(44)26-45/h5-10,12-21,27,34,37-38,40,45H,11,22-26,42H2,1-4H3,(H,43,47)/t27-,34-,37+,38-,40+/m0/s1. The molecule has 8 nitrogen and oxygen atoms in total. The van der Waals surface area contributed by atoms with E-state index in [1.165, 1.54) is 10.8 Å². The predicted octanol–water partition coefficient (Wildman–Crippen LogP) is 6.19. The molecule has 0 bridgehead atoms. The van der Waals surface area contributed by atoms with Crippen LogP contribution < -0.4 is 21.0 Å². The summed E-state index contributed by atoms with van der Waals surface area (Å²) < 4.78 is 12.4. The summed E-state index contributed by atoms with van der Waals surface area (Å²) >= 11 is 0. The molecule has 262 valence electrons. The highest BCUT2D eigenvalue weighted by Crippen LogP contribution is 2.47. The fourth-order valence-corrected chi connectivity index (χ4v) is 12.1. The van der Waals surface area contributed by atoms with Crippen molar-refractivity contribution in [1.29, 1.82) is 0 Å². The molecule has 0 saturated carbocycles. The summed E-state index contributed by atoms with van der Waals surface area (Å²) in [6.45, 7) is 7.52. The molecule has 1 saturated heterocycles. The lowest BCUT2D eigenvalue weighted by Crippen LogP contribution is -2.52. The Bertz CT molecular complexity index is 1780. The number of carbonyl (C=O) groups is 2. The van der Waals surface area contributed by atoms with Gasteiger partial charge in [0.25, 0.3) is 5.91 Å². The lowest BCUT2D eigenvalue weighted by Gasteiger charge is -2.39. The van der Waals surface area contributed by atoms with Crippen LogP contribution >= 0.6 is 0 Å². The van der Waals surface area contributed by atoms with Gasteiger partial charge in [-0.3, -0.25) is 9.59 Å². The minimum absolute atomic E-state index is 0.0107. The van der Waals surface area contributed by atoms with E-state index in [9.17, 15) is 14.7 Å². The number of amides is 2. The Balaban J connectivity index is 1.17. The zero-order valence-electron chi connectivity index (χ0n) is 29.5. The largest absolute Gasteiger partial charge is 0.497 e. The molecule has 0 spiro atoms. The normalized spacial score (nSPS) is 21.8. The maximum atomic E-state index is 14.1. The van der Waals surface area contributed by atoms with E-state index in [2.05, 4.69) is 61.7 Å². The summed E-state index contributed by atoms with van der Waals surface area (Å²) in [6.07, 6.45) is 2.34. The number of ether oxygens (including phenoxy) is 2. The Labute approximate surface area is 296 Å². The van der Waals surface area contributed by atoms with E-state index in [1.54, 1.807) is 31.4 Å². The molecule has 6 rings (SSSR count). The number of methoxy groups -OCH3 is 1. The first-order chi connectivity index (χ1) is 24.1. The van der Waals surface area contributed by atoms with Gasteiger partial charge in [0, 0.05) is 23.5 Å². The van der Waals surface area contributed by atoms with E-state index in [1.807, 2.05) is 41.3 Å². The number of nitrogens with two attached hydrogens (primary N) is 1. The summed E-state index contributed by atoms with van der Waals surface area (Å²) in [5.41, 5.74) is 11.4. The summed E-state index contributed by atoms with van der Waals surface area (Å²) in [7, 11) is -0.479. The van der Waals surface area contributed by atoms with Gasteiger partial charge in [0.1, 0.15) is 5.75 Å². The molecule has 4 aromatic carbocycles. The molecule has 5 atom stereocenters. The number of benzene rings is 4. The van der Waals surface area contributed by atoms with Crippen LogP contribution in [0, 0.1) is 5.92 Å². The molecule has 2 aliphatic rings. The first-order valence-corrected chi connectivity index (χ1v) is 20.7. The van der Waals surface area contributed by atoms with Crippen LogP contribution in [0.3, 0.4) is 0 Å². The number of hydrogen-bond donors (Lipinski definition) is 3. The molecule has 9 heteroatoms. The van der Waals surface area contributed by atoms with Gasteiger partial charge < -0.3 is 30.5 Å². The average molecular weight is 692 g/mol. The number of hydrogen-bond acceptors (Lipinski definition) is 6. The monoisotopic (exact) mass is 691 g/mol. The maximum absolute atomic E-state index is 14.1. The van der Waals surface area contributed by atoms with Crippen molar-refractivity contribution in [2.75, 3.05) is 24.8 Å². The molecular weight excluding hydrogens is 643 g/mol. The number of nitrogen functional groups attached to an aromatic ring is 1. The van der Waals surface area contributed by atoms with E-state index < -0.39 is 8.07 Å². The number of rotatable bonds is 11. The van der Waals surface area contributed by atoms with Crippen molar-refractivity contribution >= 4 is 36.4 Å². The number of fused-ring (bicyclic) bond motifs is 1. The van der Waals surface area contributed by atoms with E-state index in [0.717, 1.165) is 35.4 Å². The fraction of sp³-hybridized carbons (Fsp3) is 0.366. The summed E-state index contributed by atoms with van der Waals surface area (Å²) in [6, 6.07) is 31.2. The van der Waals surface area contributed by atoms with Gasteiger partial charge in [-0.1, -0.05) is 73.7 Å². The van der Waals surface area contributed by atoms with Crippen molar-refractivity contribution in [3.63, 3.8) is 0 Å². The smallest absolute Gasteiger partial charge is 0.255 e. The number of aliphatic hydroxyl groups is 1. The Morgan fingerprint density at radius 2 is 1.62 bits per heavy atom. The molecule has 0 aliphatic carbocycles. The molecule has 1 fully saturated rings. The van der Waals surface area contributed by atoms with Gasteiger partial charge in [0.05, 0.1) is 46.5 Å². The van der Waals surface area contributed by atoms with Crippen molar-refractivity contribution in [3.05, 3.63) is 119 Å². The van der Waals surface area contributed by atoms with Gasteiger partial charge in [0.15, 0.2) is 0 Å². The van der Waals surface area contributed by atoms with Crippen molar-refractivity contribution in [2.45, 2.75) is 76.0 Å². The first-order valence-electron chi connectivity index (χ1n) is 17.6. The van der Waals surface area contributed by atoms with E-state index in [4.69, 9.17) is 15.2 Å². The van der Waals surface area contributed by atoms with Crippen LogP contribution in [0.25, 0.3) is 0 Å². The second-order valence-corrected chi connectivity index (χ2v) is 19.1. The second kappa shape index (κ2) is 15.2. The molecule has 50 heavy (non-hydrogen) atoms. The second-order valence-electron chi connectivity index (χ2n) is 14.4. The van der Waals surface area contributed by atoms with E-state index in [-0.39, 0.29) is 48.1 Å². The summed E-state index contributed by atoms with van der Waals surface area (Å²) in [4.78, 5) is 28.7. The number of aliphatic hydroxyl groups excluding tert-OH is 1. The van der Waals surface area contributed by atoms with Gasteiger partial charge >= 0.3 is 0 Å². The van der Waals surface area contributed by atoms with Crippen LogP contribution in [-0.2, 0) is 28.9 Å². The van der Waals surface area contributed by atoms with Crippen LogP contribution in [0.2, 0.25) is 18.6 Å². The minimum Gasteiger partial charge on any atom is -0.497 e. The molecule has 4 aromatic rings. The van der Waals surface area contributed by atoms with Gasteiger partial charge in [-0.2, -0.15) is 0 Å². The number of carbonyl (C=O) groups excluding carboxylic acids is 2. The van der Waals surface area contributed by atoms with Crippen molar-refractivity contribution in [3.8, 4) is 5.75 Å². The third kappa shape index (κ3) is 7.65. The van der Waals surface area contributed by atoms with Crippen molar-refractivity contribution in [1.82, 2.24) is 4.90 Å². The number of anilines is 2. The third-order valence-corrected chi connectivity index (χ3v) is 15.3. The fourth-order valence-electron chi connectivity index (χ4n) is 8.08. The molecule has 2 heterocycles. The third-order valence-electron chi connectivity index (χ3n) is 10.9. The Morgan fingerprint density at radius 3 is 2.28 bits per heavy atom. The quantitative estimate of drug-likeness (QED) is 0.128. The highest BCUT2D eigenvalue weighted by atomic mass is 28.3. The SMILES string of the molecule is COc1ccc([Si](C)(C)[C@@H]2[C@@H](C)[C@@H](CCc3ccc(NC(=O)c4ccc(N)cc4)cc3)O[C@H]2CC(=O)N2Cc3ccccc3C[C@H]2CO)cc1. The average Bonchev–Trinajstić information content (AvgIpc) is 3.45. The first kappa shape index (κ1) is 35.4. The Morgan fingerprint density at radius 1 is 0.940 bits per heavy atom. The highest BCUT2D eigenvalue weighted by molar-refractivity contribution is 6.91. The van der Waals surface area contributed by atoms with Crippen LogP contribution in [0.5, 0.6) is 5.75 Å². The van der Waals surface area contributed by atoms with E-state index >= 15 is 0 Å². The van der Waals surface area contributed by atoms with Crippen LogP contribution in [0.1, 0.15) is 46.8 Å². The lowest BCUT2D eigenvalue weighted by molar-refractivity contribution is -0.138. The zero-order chi connectivity index (χ0) is 35.4. The minimum atomic E-state index is -2.16. The molecule has 4 N–H and O–H groups in total. The summed E-state index contributed by atoms with van der Waals surface area (Å²) in [5.74, 6) is 0.929. The summed E-state index contributed by atoms with van der Waals surface area (Å²) in [5, 5.41) is 14.6. The van der Waals surface area contributed by atoms with E-state index in [0.29, 0.717) is 30.6 Å². The topological polar surface area (TPSA) is 114 Å². The van der Waals surface area contributed by atoms with Crippen LogP contribution in [0.15, 0.2) is 97.1 Å². The molecule has 2 amide bonds. The Hall–Kier alpha value is -4.44. The maximum Gasteiger partial charge on any atom is 0.255 e. The van der Waals surface area contributed by atoms with Crippen LogP contribution in [0.4, 0.5) is 11.4 Å². The molecular formula is C41H49N3O5Si. The Kier molecular flexibility index (Phi) is 10.8. The number of nitrogens with zero attached hydrogens (tertiary/aromatic N) is 1. The molecule has 0 aromatic heterocycles. The molecule has 0 radical (unpaired) electrons. The number of nitrogens with one attached hydrogen (secondary N) is 1. The number of aryl methyl sites for hydroxylation is 1. The predicted molar refractivity (Wildman–Crippen MR) is 201 cm³/mol. The van der Waals surface area contributed by atoms with Crippen molar-refractivity contribution in [2.24, 2.45) is 5.92 Å². The highest BCUT2D eigenvalue weighted by Gasteiger charge is 2.51.